The number of amides is 1. The Kier molecular flexibility index (Phi) is 5.31. The number of rotatable bonds is 6. The molecule has 0 aliphatic carbocycles. The Bertz CT molecular complexity index is 555. The summed E-state index contributed by atoms with van der Waals surface area (Å²) in [6, 6.07) is 5.24. The average molecular weight is 286 g/mol. The normalized spacial score (nSPS) is 11.1. The zero-order chi connectivity index (χ0) is 14.5. The highest BCUT2D eigenvalue weighted by Gasteiger charge is 2.07. The van der Waals surface area contributed by atoms with Gasteiger partial charge in [0.1, 0.15) is 5.75 Å². The molecule has 1 amide bonds. The van der Waals surface area contributed by atoms with Gasteiger partial charge in [0, 0.05) is 19.2 Å². The van der Waals surface area contributed by atoms with E-state index in [1.54, 1.807) is 25.3 Å². The van der Waals surface area contributed by atoms with Gasteiger partial charge in [-0.15, -0.1) is 0 Å². The van der Waals surface area contributed by atoms with E-state index in [9.17, 15) is 13.2 Å². The highest BCUT2D eigenvalue weighted by atomic mass is 32.2. The number of carbonyl (C=O) groups excluding carboxylic acids is 1. The summed E-state index contributed by atoms with van der Waals surface area (Å²) in [5.41, 5.74) is 1.48. The van der Waals surface area contributed by atoms with Crippen molar-refractivity contribution in [2.24, 2.45) is 0 Å². The zero-order valence-corrected chi connectivity index (χ0v) is 12.0. The van der Waals surface area contributed by atoms with Crippen LogP contribution in [0.1, 0.15) is 12.5 Å². The van der Waals surface area contributed by atoms with Gasteiger partial charge >= 0.3 is 0 Å². The second-order valence-corrected chi connectivity index (χ2v) is 5.96. The van der Waals surface area contributed by atoms with Gasteiger partial charge in [0.15, 0.2) is 0 Å². The Labute approximate surface area is 113 Å². The SMILES string of the molecule is COc1ccc(NC(C)=O)cc1CCNS(C)(=O)=O. The topological polar surface area (TPSA) is 84.5 Å². The molecule has 0 saturated heterocycles. The fraction of sp³-hybridized carbons (Fsp3) is 0.417. The van der Waals surface area contributed by atoms with Crippen LogP contribution in [0.25, 0.3) is 0 Å². The van der Waals surface area contributed by atoms with E-state index in [1.807, 2.05) is 0 Å². The van der Waals surface area contributed by atoms with E-state index in [4.69, 9.17) is 4.74 Å². The zero-order valence-electron chi connectivity index (χ0n) is 11.2. The smallest absolute Gasteiger partial charge is 0.221 e. The Morgan fingerprint density at radius 3 is 2.58 bits per heavy atom. The number of anilines is 1. The standard InChI is InChI=1S/C12H18N2O4S/c1-9(15)14-11-4-5-12(18-2)10(8-11)6-7-13-19(3,16)17/h4-5,8,13H,6-7H2,1-3H3,(H,14,15). The first kappa shape index (κ1) is 15.5. The van der Waals surface area contributed by atoms with Crippen molar-refractivity contribution in [1.29, 1.82) is 0 Å². The molecule has 0 heterocycles. The molecule has 0 aliphatic rings. The number of methoxy groups -OCH3 is 1. The average Bonchev–Trinajstić information content (AvgIpc) is 2.27. The van der Waals surface area contributed by atoms with Crippen LogP contribution in [-0.4, -0.2) is 34.2 Å². The van der Waals surface area contributed by atoms with E-state index in [0.717, 1.165) is 11.8 Å². The lowest BCUT2D eigenvalue weighted by molar-refractivity contribution is -0.114. The van der Waals surface area contributed by atoms with Crippen LogP contribution in [-0.2, 0) is 21.2 Å². The summed E-state index contributed by atoms with van der Waals surface area (Å²) >= 11 is 0. The highest BCUT2D eigenvalue weighted by molar-refractivity contribution is 7.88. The number of nitrogens with one attached hydrogen (secondary N) is 2. The maximum atomic E-state index is 11.0. The molecule has 0 atom stereocenters. The minimum Gasteiger partial charge on any atom is -0.496 e. The van der Waals surface area contributed by atoms with E-state index in [1.165, 1.54) is 6.92 Å². The van der Waals surface area contributed by atoms with Gasteiger partial charge in [0.25, 0.3) is 0 Å². The summed E-state index contributed by atoms with van der Waals surface area (Å²) in [6.45, 7) is 1.70. The van der Waals surface area contributed by atoms with Gasteiger partial charge in [-0.1, -0.05) is 0 Å². The number of ether oxygens (including phenoxy) is 1. The molecule has 0 saturated carbocycles. The first-order chi connectivity index (χ1) is 8.81. The van der Waals surface area contributed by atoms with Crippen LogP contribution in [0.2, 0.25) is 0 Å². The molecule has 6 nitrogen and oxygen atoms in total. The largest absolute Gasteiger partial charge is 0.496 e. The van der Waals surface area contributed by atoms with Gasteiger partial charge in [-0.05, 0) is 30.2 Å². The number of benzene rings is 1. The van der Waals surface area contributed by atoms with Crippen LogP contribution in [0.15, 0.2) is 18.2 Å². The minimum atomic E-state index is -3.20. The maximum Gasteiger partial charge on any atom is 0.221 e. The first-order valence-corrected chi connectivity index (χ1v) is 7.60. The molecule has 19 heavy (non-hydrogen) atoms. The molecule has 0 spiro atoms. The number of hydrogen-bond donors (Lipinski definition) is 2. The lowest BCUT2D eigenvalue weighted by Gasteiger charge is -2.11. The van der Waals surface area contributed by atoms with Gasteiger partial charge < -0.3 is 10.1 Å². The summed E-state index contributed by atoms with van der Waals surface area (Å²) in [5, 5.41) is 2.67. The molecule has 0 fully saturated rings. The van der Waals surface area contributed by atoms with Crippen molar-refractivity contribution in [2.75, 3.05) is 25.2 Å². The molecule has 0 aromatic heterocycles. The summed E-state index contributed by atoms with van der Waals surface area (Å²) in [6.07, 6.45) is 1.58. The Morgan fingerprint density at radius 2 is 2.05 bits per heavy atom. The summed E-state index contributed by atoms with van der Waals surface area (Å²) in [4.78, 5) is 11.0. The molecule has 0 radical (unpaired) electrons. The maximum absolute atomic E-state index is 11.0. The molecule has 1 aromatic rings. The Morgan fingerprint density at radius 1 is 1.37 bits per heavy atom. The predicted molar refractivity (Wildman–Crippen MR) is 73.8 cm³/mol. The molecule has 0 bridgehead atoms. The highest BCUT2D eigenvalue weighted by Crippen LogP contribution is 2.23. The van der Waals surface area contributed by atoms with E-state index in [-0.39, 0.29) is 12.5 Å². The van der Waals surface area contributed by atoms with Crippen molar-refractivity contribution in [3.8, 4) is 5.75 Å². The molecule has 1 aromatic carbocycles. The first-order valence-electron chi connectivity index (χ1n) is 5.71. The molecule has 7 heteroatoms. The van der Waals surface area contributed by atoms with Crippen LogP contribution in [0.5, 0.6) is 5.75 Å². The third-order valence-corrected chi connectivity index (χ3v) is 3.09. The van der Waals surface area contributed by atoms with Crippen molar-refractivity contribution in [1.82, 2.24) is 4.72 Å². The summed E-state index contributed by atoms with van der Waals surface area (Å²) in [5.74, 6) is 0.495. The Hall–Kier alpha value is -1.60. The van der Waals surface area contributed by atoms with Crippen LogP contribution >= 0.6 is 0 Å². The number of sulfonamides is 1. The van der Waals surface area contributed by atoms with E-state index in [0.29, 0.717) is 17.9 Å². The van der Waals surface area contributed by atoms with Crippen LogP contribution in [0.3, 0.4) is 0 Å². The van der Waals surface area contributed by atoms with E-state index in [2.05, 4.69) is 10.0 Å². The van der Waals surface area contributed by atoms with Gasteiger partial charge in [-0.3, -0.25) is 4.79 Å². The third-order valence-electron chi connectivity index (χ3n) is 2.36. The quantitative estimate of drug-likeness (QED) is 0.808. The summed E-state index contributed by atoms with van der Waals surface area (Å²) < 4.78 is 29.6. The fourth-order valence-electron chi connectivity index (χ4n) is 1.63. The number of carbonyl (C=O) groups is 1. The van der Waals surface area contributed by atoms with Crippen molar-refractivity contribution in [3.05, 3.63) is 23.8 Å². The molecular formula is C12H18N2O4S. The van der Waals surface area contributed by atoms with Crippen molar-refractivity contribution in [2.45, 2.75) is 13.3 Å². The van der Waals surface area contributed by atoms with Crippen LogP contribution in [0.4, 0.5) is 5.69 Å². The lowest BCUT2D eigenvalue weighted by atomic mass is 10.1. The molecule has 0 unspecified atom stereocenters. The van der Waals surface area contributed by atoms with Crippen molar-refractivity contribution < 1.29 is 17.9 Å². The van der Waals surface area contributed by atoms with Crippen molar-refractivity contribution in [3.63, 3.8) is 0 Å². The molecular weight excluding hydrogens is 268 g/mol. The number of hydrogen-bond acceptors (Lipinski definition) is 4. The van der Waals surface area contributed by atoms with Gasteiger partial charge in [0.05, 0.1) is 13.4 Å². The second-order valence-electron chi connectivity index (χ2n) is 4.12. The van der Waals surface area contributed by atoms with Gasteiger partial charge in [0.2, 0.25) is 15.9 Å². The molecule has 106 valence electrons. The monoisotopic (exact) mass is 286 g/mol. The third kappa shape index (κ3) is 5.71. The minimum absolute atomic E-state index is 0.162. The van der Waals surface area contributed by atoms with E-state index < -0.39 is 10.0 Å². The van der Waals surface area contributed by atoms with Crippen LogP contribution in [0, 0.1) is 0 Å². The van der Waals surface area contributed by atoms with Crippen LogP contribution < -0.4 is 14.8 Å². The fourth-order valence-corrected chi connectivity index (χ4v) is 2.10. The summed E-state index contributed by atoms with van der Waals surface area (Å²) in [7, 11) is -1.66. The second kappa shape index (κ2) is 6.53. The molecule has 0 aliphatic heterocycles. The Balaban J connectivity index is 2.81. The molecule has 1 rings (SSSR count). The van der Waals surface area contributed by atoms with E-state index >= 15 is 0 Å². The van der Waals surface area contributed by atoms with Gasteiger partial charge in [-0.25, -0.2) is 13.1 Å². The van der Waals surface area contributed by atoms with Crippen molar-refractivity contribution >= 4 is 21.6 Å². The lowest BCUT2D eigenvalue weighted by Crippen LogP contribution is -2.24. The van der Waals surface area contributed by atoms with Gasteiger partial charge in [-0.2, -0.15) is 0 Å². The molecule has 2 N–H and O–H groups in total. The predicted octanol–water partition coefficient (Wildman–Crippen LogP) is 0.745.